The molecule has 12 heteroatoms. The van der Waals surface area contributed by atoms with Gasteiger partial charge in [-0.1, -0.05) is 103 Å². The lowest BCUT2D eigenvalue weighted by Crippen LogP contribution is -2.50. The van der Waals surface area contributed by atoms with Crippen LogP contribution in [0, 0.1) is 0 Å². The number of likely N-dealkylation sites (tertiary alicyclic amines) is 1. The summed E-state index contributed by atoms with van der Waals surface area (Å²) in [6, 6.07) is 31.0. The molecule has 4 aromatic rings. The van der Waals surface area contributed by atoms with Crippen LogP contribution in [-0.2, 0) is 32.2 Å². The van der Waals surface area contributed by atoms with E-state index in [1.54, 1.807) is 0 Å². The third-order valence-electron chi connectivity index (χ3n) is 10.4. The monoisotopic (exact) mass is 745 g/mol. The summed E-state index contributed by atoms with van der Waals surface area (Å²) in [4.78, 5) is 27.6. The van der Waals surface area contributed by atoms with E-state index < -0.39 is 36.4 Å². The van der Waals surface area contributed by atoms with Gasteiger partial charge in [-0.15, -0.1) is 0 Å². The zero-order valence-corrected chi connectivity index (χ0v) is 30.3. The highest BCUT2D eigenvalue weighted by Crippen LogP contribution is 2.39. The van der Waals surface area contributed by atoms with Crippen molar-refractivity contribution in [2.45, 2.75) is 82.2 Å². The lowest BCUT2D eigenvalue weighted by atomic mass is 9.97. The number of rotatable bonds is 12. The van der Waals surface area contributed by atoms with E-state index >= 15 is 0 Å². The van der Waals surface area contributed by atoms with Crippen LogP contribution >= 0.6 is 0 Å². The molecule has 6 atom stereocenters. The normalized spacial score (nSPS) is 21.5. The Hall–Kier alpha value is -4.59. The lowest BCUT2D eigenvalue weighted by molar-refractivity contribution is -0.253. The summed E-state index contributed by atoms with van der Waals surface area (Å²) < 4.78 is 52.5. The van der Waals surface area contributed by atoms with Crippen molar-refractivity contribution in [3.05, 3.63) is 131 Å². The average molecular weight is 746 g/mol. The molecule has 2 fully saturated rings. The molecule has 2 aliphatic rings. The Balaban J connectivity index is 1.17. The van der Waals surface area contributed by atoms with Crippen LogP contribution in [0.1, 0.15) is 72.5 Å². The third-order valence-corrected chi connectivity index (χ3v) is 10.4. The van der Waals surface area contributed by atoms with Crippen molar-refractivity contribution < 1.29 is 42.4 Å². The highest BCUT2D eigenvalue weighted by molar-refractivity contribution is 5.90. The van der Waals surface area contributed by atoms with Crippen molar-refractivity contribution in [1.29, 1.82) is 0 Å². The first kappa shape index (κ1) is 39.1. The van der Waals surface area contributed by atoms with E-state index in [0.717, 1.165) is 38.9 Å². The largest absolute Gasteiger partial charge is 0.471 e. The van der Waals surface area contributed by atoms with E-state index in [4.69, 9.17) is 9.47 Å². The standard InChI is InChI=1S/C42H46F3N3O6/c1-27(38(50)31-9-4-3-5-10-31)47(2)25-34-23-37(30-16-14-28(26-49)15-17-30)54-40(53-34)32-20-18-29(19-21-32)35-12-7-6-11-33(35)24-46-39(51)36-13-8-22-48(36)41(52)42(43,44)45/h3-7,9-12,14-21,27,34,36-38,40,49-50H,8,13,22-26H2,1-2H3,(H,46,51)/t27-,34+,36-,37-,38-,40-/m0/s1. The topological polar surface area (TPSA) is 112 Å². The summed E-state index contributed by atoms with van der Waals surface area (Å²) in [6.07, 6.45) is -5.90. The highest BCUT2D eigenvalue weighted by atomic mass is 19.4. The summed E-state index contributed by atoms with van der Waals surface area (Å²) in [5.74, 6) is -2.61. The zero-order chi connectivity index (χ0) is 38.4. The molecule has 0 aromatic heterocycles. The highest BCUT2D eigenvalue weighted by Gasteiger charge is 2.47. The Morgan fingerprint density at radius 2 is 1.59 bits per heavy atom. The van der Waals surface area contributed by atoms with Gasteiger partial charge in [0.2, 0.25) is 5.91 Å². The molecule has 2 aliphatic heterocycles. The van der Waals surface area contributed by atoms with Gasteiger partial charge in [0.15, 0.2) is 6.29 Å². The predicted octanol–water partition coefficient (Wildman–Crippen LogP) is 6.61. The van der Waals surface area contributed by atoms with E-state index in [2.05, 4.69) is 10.2 Å². The van der Waals surface area contributed by atoms with Crippen LogP contribution < -0.4 is 5.32 Å². The predicted molar refractivity (Wildman–Crippen MR) is 196 cm³/mol. The Morgan fingerprint density at radius 3 is 2.28 bits per heavy atom. The molecule has 9 nitrogen and oxygen atoms in total. The number of amides is 2. The first-order valence-corrected chi connectivity index (χ1v) is 18.2. The van der Waals surface area contributed by atoms with Gasteiger partial charge in [0.25, 0.3) is 0 Å². The molecule has 2 heterocycles. The van der Waals surface area contributed by atoms with Crippen molar-refractivity contribution in [1.82, 2.24) is 15.1 Å². The molecule has 4 aromatic carbocycles. The molecular formula is C42H46F3N3O6. The summed E-state index contributed by atoms with van der Waals surface area (Å²) in [5, 5.41) is 23.4. The third kappa shape index (κ3) is 9.19. The van der Waals surface area contributed by atoms with Gasteiger partial charge in [0.1, 0.15) is 6.04 Å². The van der Waals surface area contributed by atoms with Gasteiger partial charge in [-0.2, -0.15) is 13.2 Å². The summed E-state index contributed by atoms with van der Waals surface area (Å²) in [5.41, 5.74) is 5.84. The number of nitrogens with one attached hydrogen (secondary N) is 1. The smallest absolute Gasteiger partial charge is 0.392 e. The number of aliphatic hydroxyl groups excluding tert-OH is 2. The Kier molecular flexibility index (Phi) is 12.5. The van der Waals surface area contributed by atoms with Crippen molar-refractivity contribution >= 4 is 11.8 Å². The van der Waals surface area contributed by atoms with Crippen LogP contribution in [-0.4, -0.2) is 76.3 Å². The van der Waals surface area contributed by atoms with Crippen LogP contribution in [0.15, 0.2) is 103 Å². The number of halogens is 3. The second-order valence-electron chi connectivity index (χ2n) is 14.0. The molecule has 2 saturated heterocycles. The van der Waals surface area contributed by atoms with E-state index in [9.17, 15) is 33.0 Å². The molecule has 3 N–H and O–H groups in total. The number of alkyl halides is 3. The van der Waals surface area contributed by atoms with Crippen molar-refractivity contribution in [3.63, 3.8) is 0 Å². The van der Waals surface area contributed by atoms with Gasteiger partial charge in [-0.25, -0.2) is 0 Å². The molecule has 6 rings (SSSR count). The van der Waals surface area contributed by atoms with Gasteiger partial charge in [-0.3, -0.25) is 14.5 Å². The number of ether oxygens (including phenoxy) is 2. The molecule has 0 radical (unpaired) electrons. The number of carbonyl (C=O) groups is 2. The molecule has 2 amide bonds. The fraction of sp³-hybridized carbons (Fsp3) is 0.381. The number of hydrogen-bond donors (Lipinski definition) is 3. The molecule has 286 valence electrons. The molecular weight excluding hydrogens is 699 g/mol. The SMILES string of the molecule is C[C@@H]([C@H](O)c1ccccc1)N(C)C[C@H]1C[C@@H](c2ccc(CO)cc2)O[C@@H](c2ccc(-c3ccccc3CNC(=O)[C@@H]3CCCN3C(=O)C(F)(F)F)cc2)O1. The minimum Gasteiger partial charge on any atom is -0.392 e. The minimum absolute atomic E-state index is 0.0590. The Labute approximate surface area is 313 Å². The maximum Gasteiger partial charge on any atom is 0.471 e. The Bertz CT molecular complexity index is 1860. The molecule has 0 bridgehead atoms. The molecule has 0 aliphatic carbocycles. The number of hydrogen-bond acceptors (Lipinski definition) is 7. The Morgan fingerprint density at radius 1 is 0.926 bits per heavy atom. The van der Waals surface area contributed by atoms with Gasteiger partial charge < -0.3 is 29.9 Å². The van der Waals surface area contributed by atoms with Crippen LogP contribution in [0.4, 0.5) is 13.2 Å². The lowest BCUT2D eigenvalue weighted by Gasteiger charge is -2.39. The van der Waals surface area contributed by atoms with Crippen molar-refractivity contribution in [2.24, 2.45) is 0 Å². The van der Waals surface area contributed by atoms with Crippen LogP contribution in [0.25, 0.3) is 11.1 Å². The van der Waals surface area contributed by atoms with E-state index in [-0.39, 0.29) is 44.4 Å². The number of nitrogens with zero attached hydrogens (tertiary/aromatic N) is 2. The van der Waals surface area contributed by atoms with Gasteiger partial charge in [0.05, 0.1) is 24.9 Å². The van der Waals surface area contributed by atoms with Crippen LogP contribution in [0.3, 0.4) is 0 Å². The fourth-order valence-electron chi connectivity index (χ4n) is 7.21. The number of aliphatic hydroxyl groups is 2. The van der Waals surface area contributed by atoms with E-state index in [1.807, 2.05) is 117 Å². The zero-order valence-electron chi connectivity index (χ0n) is 30.3. The van der Waals surface area contributed by atoms with E-state index in [0.29, 0.717) is 24.3 Å². The van der Waals surface area contributed by atoms with Crippen LogP contribution in [0.2, 0.25) is 0 Å². The van der Waals surface area contributed by atoms with Crippen LogP contribution in [0.5, 0.6) is 0 Å². The first-order chi connectivity index (χ1) is 25.9. The number of benzene rings is 4. The first-order valence-electron chi connectivity index (χ1n) is 18.2. The molecule has 0 saturated carbocycles. The van der Waals surface area contributed by atoms with Gasteiger partial charge >= 0.3 is 12.1 Å². The second kappa shape index (κ2) is 17.3. The fourth-order valence-corrected chi connectivity index (χ4v) is 7.21. The second-order valence-corrected chi connectivity index (χ2v) is 14.0. The molecule has 0 spiro atoms. The molecule has 0 unspecified atom stereocenters. The minimum atomic E-state index is -5.04. The number of likely N-dealkylation sites (N-methyl/N-ethyl adjacent to an activating group) is 1. The summed E-state index contributed by atoms with van der Waals surface area (Å²) in [6.45, 7) is 2.42. The maximum absolute atomic E-state index is 13.1. The number of carbonyl (C=O) groups excluding carboxylic acids is 2. The van der Waals surface area contributed by atoms with Gasteiger partial charge in [0, 0.05) is 37.7 Å². The van der Waals surface area contributed by atoms with E-state index in [1.165, 1.54) is 0 Å². The van der Waals surface area contributed by atoms with Gasteiger partial charge in [-0.05, 0) is 60.2 Å². The summed E-state index contributed by atoms with van der Waals surface area (Å²) in [7, 11) is 1.97. The summed E-state index contributed by atoms with van der Waals surface area (Å²) >= 11 is 0. The molecule has 54 heavy (non-hydrogen) atoms. The van der Waals surface area contributed by atoms with Crippen molar-refractivity contribution in [2.75, 3.05) is 20.1 Å². The maximum atomic E-state index is 13.1. The quantitative estimate of drug-likeness (QED) is 0.150. The van der Waals surface area contributed by atoms with Crippen molar-refractivity contribution in [3.8, 4) is 11.1 Å². The average Bonchev–Trinajstić information content (AvgIpc) is 3.69.